The summed E-state index contributed by atoms with van der Waals surface area (Å²) in [5.41, 5.74) is 4.44. The van der Waals surface area contributed by atoms with Gasteiger partial charge in [-0.2, -0.15) is 4.68 Å². The van der Waals surface area contributed by atoms with Crippen molar-refractivity contribution >= 4 is 17.7 Å². The quantitative estimate of drug-likeness (QED) is 0.568. The molecule has 29 heavy (non-hydrogen) atoms. The van der Waals surface area contributed by atoms with Crippen molar-refractivity contribution < 1.29 is 4.79 Å². The molecule has 2 atom stereocenters. The van der Waals surface area contributed by atoms with Gasteiger partial charge >= 0.3 is 0 Å². The van der Waals surface area contributed by atoms with Crippen LogP contribution in [-0.2, 0) is 4.79 Å². The first-order valence-corrected chi connectivity index (χ1v) is 10.7. The van der Waals surface area contributed by atoms with Crippen LogP contribution in [0.1, 0.15) is 42.9 Å². The summed E-state index contributed by atoms with van der Waals surface area (Å²) >= 11 is 1.36. The van der Waals surface area contributed by atoms with Gasteiger partial charge in [-0.3, -0.25) is 4.79 Å². The summed E-state index contributed by atoms with van der Waals surface area (Å²) in [6, 6.07) is 16.4. The van der Waals surface area contributed by atoms with Crippen LogP contribution >= 0.6 is 11.8 Å². The summed E-state index contributed by atoms with van der Waals surface area (Å²) in [7, 11) is 0. The molecule has 0 aliphatic heterocycles. The van der Waals surface area contributed by atoms with Gasteiger partial charge in [0.1, 0.15) is 0 Å². The number of aryl methyl sites for hydroxylation is 2. The van der Waals surface area contributed by atoms with Crippen LogP contribution in [0.25, 0.3) is 5.69 Å². The molecule has 152 valence electrons. The zero-order valence-corrected chi connectivity index (χ0v) is 18.1. The fourth-order valence-electron chi connectivity index (χ4n) is 3.25. The Bertz CT molecular complexity index is 957. The van der Waals surface area contributed by atoms with E-state index in [1.54, 1.807) is 4.68 Å². The van der Waals surface area contributed by atoms with Gasteiger partial charge < -0.3 is 5.32 Å². The summed E-state index contributed by atoms with van der Waals surface area (Å²) in [6.45, 7) is 8.72. The molecule has 6 nitrogen and oxygen atoms in total. The Labute approximate surface area is 176 Å². The highest BCUT2D eigenvalue weighted by molar-refractivity contribution is 8.00. The smallest absolute Gasteiger partial charge is 0.233 e. The van der Waals surface area contributed by atoms with Gasteiger partial charge in [-0.1, -0.05) is 66.7 Å². The summed E-state index contributed by atoms with van der Waals surface area (Å²) in [5, 5.41) is 15.4. The first kappa shape index (κ1) is 21.0. The lowest BCUT2D eigenvalue weighted by Gasteiger charge is -2.18. The molecule has 1 aromatic heterocycles. The number of tetrazole rings is 1. The minimum atomic E-state index is -0.307. The van der Waals surface area contributed by atoms with Crippen LogP contribution in [-0.4, -0.2) is 37.9 Å². The fourth-order valence-corrected chi connectivity index (χ4v) is 4.07. The van der Waals surface area contributed by atoms with Crippen molar-refractivity contribution in [1.82, 2.24) is 25.5 Å². The molecule has 0 saturated carbocycles. The molecule has 1 N–H and O–H groups in total. The van der Waals surface area contributed by atoms with E-state index in [0.717, 1.165) is 17.7 Å². The molecule has 0 radical (unpaired) electrons. The van der Waals surface area contributed by atoms with Crippen molar-refractivity contribution in [2.45, 2.75) is 50.4 Å². The molecule has 2 aromatic carbocycles. The van der Waals surface area contributed by atoms with E-state index in [1.165, 1.54) is 22.9 Å². The van der Waals surface area contributed by atoms with Crippen molar-refractivity contribution in [3.63, 3.8) is 0 Å². The number of nitrogens with one attached hydrogen (secondary N) is 1. The van der Waals surface area contributed by atoms with Gasteiger partial charge in [-0.05, 0) is 54.8 Å². The minimum absolute atomic E-state index is 0.0143. The molecule has 0 saturated heterocycles. The first-order valence-electron chi connectivity index (χ1n) is 9.85. The minimum Gasteiger partial charge on any atom is -0.355 e. The molecule has 0 aliphatic carbocycles. The monoisotopic (exact) mass is 409 g/mol. The number of hydrogen-bond acceptors (Lipinski definition) is 5. The van der Waals surface area contributed by atoms with E-state index in [0.29, 0.717) is 17.6 Å². The van der Waals surface area contributed by atoms with Crippen molar-refractivity contribution in [2.75, 3.05) is 6.54 Å². The normalized spacial score (nSPS) is 13.1. The Morgan fingerprint density at radius 3 is 2.62 bits per heavy atom. The van der Waals surface area contributed by atoms with Crippen LogP contribution in [0.5, 0.6) is 0 Å². The zero-order valence-electron chi connectivity index (χ0n) is 17.3. The number of carbonyl (C=O) groups excluding carboxylic acids is 1. The van der Waals surface area contributed by atoms with Crippen LogP contribution in [0.2, 0.25) is 0 Å². The van der Waals surface area contributed by atoms with Crippen molar-refractivity contribution in [1.29, 1.82) is 0 Å². The van der Waals surface area contributed by atoms with Gasteiger partial charge in [-0.15, -0.1) is 5.10 Å². The van der Waals surface area contributed by atoms with Gasteiger partial charge in [0.25, 0.3) is 0 Å². The lowest BCUT2D eigenvalue weighted by atomic mass is 9.96. The van der Waals surface area contributed by atoms with Crippen molar-refractivity contribution in [3.05, 3.63) is 65.2 Å². The van der Waals surface area contributed by atoms with Crippen LogP contribution < -0.4 is 5.32 Å². The van der Waals surface area contributed by atoms with E-state index in [-0.39, 0.29) is 11.2 Å². The highest BCUT2D eigenvalue weighted by Gasteiger charge is 2.21. The Morgan fingerprint density at radius 1 is 1.17 bits per heavy atom. The second-order valence-electron chi connectivity index (χ2n) is 7.18. The molecule has 1 heterocycles. The van der Waals surface area contributed by atoms with Gasteiger partial charge in [0.15, 0.2) is 0 Å². The van der Waals surface area contributed by atoms with Crippen LogP contribution in [0.3, 0.4) is 0 Å². The molecule has 0 spiro atoms. The summed E-state index contributed by atoms with van der Waals surface area (Å²) in [6.07, 6.45) is 0.969. The second kappa shape index (κ2) is 9.69. The molecule has 1 amide bonds. The molecule has 0 bridgehead atoms. The van der Waals surface area contributed by atoms with Crippen LogP contribution in [0, 0.1) is 13.8 Å². The Kier molecular flexibility index (Phi) is 7.04. The maximum absolute atomic E-state index is 12.7. The van der Waals surface area contributed by atoms with E-state index in [4.69, 9.17) is 0 Å². The summed E-state index contributed by atoms with van der Waals surface area (Å²) in [5.74, 6) is 0.289. The predicted molar refractivity (Wildman–Crippen MR) is 116 cm³/mol. The van der Waals surface area contributed by atoms with E-state index in [2.05, 4.69) is 52.9 Å². The molecular formula is C22H27N5OS. The second-order valence-corrected chi connectivity index (χ2v) is 8.49. The van der Waals surface area contributed by atoms with Gasteiger partial charge in [0.05, 0.1) is 10.9 Å². The predicted octanol–water partition coefficient (Wildman–Crippen LogP) is 4.07. The standard InChI is InChI=1S/C22H27N5OS/c1-5-18(19-9-7-6-8-10-19)14-23-21(28)17(4)29-22-24-25-26-27(22)20-12-11-15(2)13-16(20)3/h6-13,17-18H,5,14H2,1-4H3,(H,23,28)/t17-,18-/m0/s1. The maximum Gasteiger partial charge on any atom is 0.233 e. The Balaban J connectivity index is 1.64. The number of carbonyl (C=O) groups is 1. The van der Waals surface area contributed by atoms with Gasteiger partial charge in [0, 0.05) is 12.5 Å². The maximum atomic E-state index is 12.7. The van der Waals surface area contributed by atoms with Gasteiger partial charge in [-0.25, -0.2) is 0 Å². The van der Waals surface area contributed by atoms with E-state index < -0.39 is 0 Å². The highest BCUT2D eigenvalue weighted by Crippen LogP contribution is 2.25. The summed E-state index contributed by atoms with van der Waals surface area (Å²) < 4.78 is 1.70. The Hall–Kier alpha value is -2.67. The molecule has 0 aliphatic rings. The van der Waals surface area contributed by atoms with E-state index in [9.17, 15) is 4.79 Å². The Morgan fingerprint density at radius 2 is 1.93 bits per heavy atom. The third-order valence-electron chi connectivity index (χ3n) is 4.96. The van der Waals surface area contributed by atoms with Crippen LogP contribution in [0.4, 0.5) is 0 Å². The molecule has 3 aromatic rings. The largest absolute Gasteiger partial charge is 0.355 e. The number of hydrogen-bond donors (Lipinski definition) is 1. The SMILES string of the molecule is CC[C@@H](CNC(=O)[C@H](C)Sc1nnnn1-c1ccc(C)cc1C)c1ccccc1. The molecule has 0 fully saturated rings. The number of thioether (sulfide) groups is 1. The number of rotatable bonds is 8. The lowest BCUT2D eigenvalue weighted by Crippen LogP contribution is -2.34. The van der Waals surface area contributed by atoms with E-state index in [1.807, 2.05) is 44.2 Å². The fraction of sp³-hybridized carbons (Fsp3) is 0.364. The average molecular weight is 410 g/mol. The molecular weight excluding hydrogens is 382 g/mol. The van der Waals surface area contributed by atoms with Crippen LogP contribution in [0.15, 0.2) is 53.7 Å². The highest BCUT2D eigenvalue weighted by atomic mass is 32.2. The van der Waals surface area contributed by atoms with Gasteiger partial charge in [0.2, 0.25) is 11.1 Å². The number of amides is 1. The third kappa shape index (κ3) is 5.23. The van der Waals surface area contributed by atoms with E-state index >= 15 is 0 Å². The lowest BCUT2D eigenvalue weighted by molar-refractivity contribution is -0.120. The molecule has 7 heteroatoms. The first-order chi connectivity index (χ1) is 14.0. The molecule has 3 rings (SSSR count). The van der Waals surface area contributed by atoms with Crippen molar-refractivity contribution in [2.24, 2.45) is 0 Å². The average Bonchev–Trinajstić information content (AvgIpc) is 3.16. The number of aromatic nitrogens is 4. The number of benzene rings is 2. The topological polar surface area (TPSA) is 72.7 Å². The number of nitrogens with zero attached hydrogens (tertiary/aromatic N) is 4. The van der Waals surface area contributed by atoms with Crippen molar-refractivity contribution in [3.8, 4) is 5.69 Å². The zero-order chi connectivity index (χ0) is 20.8. The molecule has 0 unspecified atom stereocenters. The third-order valence-corrected chi connectivity index (χ3v) is 5.99. The summed E-state index contributed by atoms with van der Waals surface area (Å²) in [4.78, 5) is 12.7.